The van der Waals surface area contributed by atoms with E-state index in [0.29, 0.717) is 22.2 Å². The van der Waals surface area contributed by atoms with Gasteiger partial charge in [-0.25, -0.2) is 4.79 Å². The van der Waals surface area contributed by atoms with E-state index in [1.54, 1.807) is 28.8 Å². The van der Waals surface area contributed by atoms with Crippen LogP contribution in [0.3, 0.4) is 0 Å². The average molecular weight is 283 g/mol. The first kappa shape index (κ1) is 13.2. The molecule has 0 atom stereocenters. The molecular weight excluding hydrogens is 270 g/mol. The van der Waals surface area contributed by atoms with Crippen LogP contribution in [0.1, 0.15) is 27.6 Å². The number of fused-ring (bicyclic) bond motifs is 3. The molecule has 0 unspecified atom stereocenters. The van der Waals surface area contributed by atoms with Crippen molar-refractivity contribution in [3.05, 3.63) is 47.7 Å². The first-order chi connectivity index (χ1) is 10.0. The Kier molecular flexibility index (Phi) is 2.90. The van der Waals surface area contributed by atoms with Crippen LogP contribution in [-0.4, -0.2) is 28.4 Å². The molecule has 3 rings (SSSR count). The van der Waals surface area contributed by atoms with E-state index in [1.807, 2.05) is 12.1 Å². The zero-order chi connectivity index (χ0) is 15.1. The van der Waals surface area contributed by atoms with Crippen LogP contribution in [-0.2, 0) is 0 Å². The van der Waals surface area contributed by atoms with Crippen LogP contribution in [0.2, 0.25) is 0 Å². The summed E-state index contributed by atoms with van der Waals surface area (Å²) in [5, 5.41) is 10.1. The quantitative estimate of drug-likeness (QED) is 0.750. The highest BCUT2D eigenvalue weighted by atomic mass is 16.5. The molecule has 0 aliphatic rings. The van der Waals surface area contributed by atoms with E-state index in [4.69, 9.17) is 4.74 Å². The first-order valence-electron chi connectivity index (χ1n) is 6.39. The molecule has 2 heterocycles. The normalized spacial score (nSPS) is 11.0. The summed E-state index contributed by atoms with van der Waals surface area (Å²) in [7, 11) is 1.46. The second-order valence-corrected chi connectivity index (χ2v) is 4.77. The summed E-state index contributed by atoms with van der Waals surface area (Å²) in [6, 6.07) is 8.75. The van der Waals surface area contributed by atoms with Gasteiger partial charge in [0.15, 0.2) is 5.78 Å². The molecule has 2 aromatic heterocycles. The fourth-order valence-electron chi connectivity index (χ4n) is 2.59. The highest BCUT2D eigenvalue weighted by Gasteiger charge is 2.21. The molecule has 0 fully saturated rings. The number of benzene rings is 1. The zero-order valence-electron chi connectivity index (χ0n) is 11.6. The first-order valence-corrected chi connectivity index (χ1v) is 6.39. The van der Waals surface area contributed by atoms with Crippen molar-refractivity contribution in [2.45, 2.75) is 6.92 Å². The fraction of sp³-hybridized carbons (Fsp3) is 0.125. The number of Topliss-reactive ketones (excluding diaryl/α,β-unsaturated/α-hetero) is 1. The van der Waals surface area contributed by atoms with Crippen molar-refractivity contribution in [2.75, 3.05) is 7.11 Å². The number of rotatable bonds is 3. The fourth-order valence-corrected chi connectivity index (χ4v) is 2.59. The molecule has 1 aromatic carbocycles. The standard InChI is InChI=1S/C16H13NO4/c1-9(18)10-7-13(21-2)15-14(16(19)20)11-5-3-4-6-12(11)17(15)8-10/h3-8H,1-2H3,(H,19,20). The molecule has 0 bridgehead atoms. The lowest BCUT2D eigenvalue weighted by Crippen LogP contribution is -2.01. The van der Waals surface area contributed by atoms with E-state index < -0.39 is 5.97 Å². The minimum absolute atomic E-state index is 0.107. The lowest BCUT2D eigenvalue weighted by Gasteiger charge is -2.07. The van der Waals surface area contributed by atoms with Gasteiger partial charge in [0.1, 0.15) is 11.3 Å². The SMILES string of the molecule is COc1cc(C(C)=O)cn2c1c(C(=O)O)c1ccccc12. The third-order valence-electron chi connectivity index (χ3n) is 3.54. The number of hydrogen-bond donors (Lipinski definition) is 1. The van der Waals surface area contributed by atoms with Gasteiger partial charge >= 0.3 is 5.97 Å². The molecule has 1 N–H and O–H groups in total. The van der Waals surface area contributed by atoms with Gasteiger partial charge in [-0.2, -0.15) is 0 Å². The van der Waals surface area contributed by atoms with Crippen molar-refractivity contribution in [1.29, 1.82) is 0 Å². The van der Waals surface area contributed by atoms with Crippen molar-refractivity contribution in [2.24, 2.45) is 0 Å². The highest BCUT2D eigenvalue weighted by molar-refractivity contribution is 6.12. The Balaban J connectivity index is 2.59. The molecule has 5 nitrogen and oxygen atoms in total. The van der Waals surface area contributed by atoms with Gasteiger partial charge in [-0.05, 0) is 19.1 Å². The van der Waals surface area contributed by atoms with Crippen molar-refractivity contribution in [1.82, 2.24) is 4.40 Å². The summed E-state index contributed by atoms with van der Waals surface area (Å²) >= 11 is 0. The summed E-state index contributed by atoms with van der Waals surface area (Å²) in [5.41, 5.74) is 1.83. The molecule has 0 spiro atoms. The number of hydrogen-bond acceptors (Lipinski definition) is 3. The number of ketones is 1. The van der Waals surface area contributed by atoms with Gasteiger partial charge in [0, 0.05) is 17.1 Å². The summed E-state index contributed by atoms with van der Waals surface area (Å²) in [5.74, 6) is -0.760. The molecule has 3 aromatic rings. The van der Waals surface area contributed by atoms with Gasteiger partial charge in [0.2, 0.25) is 0 Å². The monoisotopic (exact) mass is 283 g/mol. The lowest BCUT2D eigenvalue weighted by molar-refractivity contribution is 0.0700. The van der Waals surface area contributed by atoms with Crippen molar-refractivity contribution in [3.63, 3.8) is 0 Å². The van der Waals surface area contributed by atoms with Crippen LogP contribution in [0, 0.1) is 0 Å². The molecule has 5 heteroatoms. The lowest BCUT2D eigenvalue weighted by atomic mass is 10.1. The van der Waals surface area contributed by atoms with E-state index >= 15 is 0 Å². The third kappa shape index (κ3) is 1.86. The molecule has 21 heavy (non-hydrogen) atoms. The van der Waals surface area contributed by atoms with E-state index in [9.17, 15) is 14.7 Å². The number of carbonyl (C=O) groups is 2. The number of aromatic carboxylic acids is 1. The van der Waals surface area contributed by atoms with Gasteiger partial charge in [-0.1, -0.05) is 18.2 Å². The second kappa shape index (κ2) is 4.63. The second-order valence-electron chi connectivity index (χ2n) is 4.77. The van der Waals surface area contributed by atoms with Gasteiger partial charge in [0.05, 0.1) is 18.2 Å². The number of aromatic nitrogens is 1. The van der Waals surface area contributed by atoms with E-state index in [2.05, 4.69) is 0 Å². The number of nitrogens with zero attached hydrogens (tertiary/aromatic N) is 1. The average Bonchev–Trinajstić information content (AvgIpc) is 2.80. The van der Waals surface area contributed by atoms with Crippen LogP contribution in [0.4, 0.5) is 0 Å². The van der Waals surface area contributed by atoms with Crippen LogP contribution >= 0.6 is 0 Å². The molecule has 0 saturated carbocycles. The number of carboxylic acids is 1. The molecule has 0 radical (unpaired) electrons. The number of methoxy groups -OCH3 is 1. The number of ether oxygens (including phenoxy) is 1. The van der Waals surface area contributed by atoms with Gasteiger partial charge in [-0.3, -0.25) is 4.79 Å². The molecule has 0 amide bonds. The number of carbonyl (C=O) groups excluding carboxylic acids is 1. The van der Waals surface area contributed by atoms with E-state index in [0.717, 1.165) is 5.52 Å². The van der Waals surface area contributed by atoms with Crippen LogP contribution in [0.15, 0.2) is 36.5 Å². The van der Waals surface area contributed by atoms with Gasteiger partial charge < -0.3 is 14.2 Å². The summed E-state index contributed by atoms with van der Waals surface area (Å²) in [6.45, 7) is 1.46. The van der Waals surface area contributed by atoms with Crippen molar-refractivity contribution < 1.29 is 19.4 Å². The molecule has 106 valence electrons. The smallest absolute Gasteiger partial charge is 0.338 e. The van der Waals surface area contributed by atoms with Crippen molar-refractivity contribution in [3.8, 4) is 5.75 Å². The summed E-state index contributed by atoms with van der Waals surface area (Å²) < 4.78 is 7.01. The molecular formula is C16H13NO4. The predicted octanol–water partition coefficient (Wildman–Crippen LogP) is 3.00. The zero-order valence-corrected chi connectivity index (χ0v) is 11.6. The minimum Gasteiger partial charge on any atom is -0.495 e. The largest absolute Gasteiger partial charge is 0.495 e. The van der Waals surface area contributed by atoms with E-state index in [-0.39, 0.29) is 11.3 Å². The number of para-hydroxylation sites is 1. The maximum atomic E-state index is 11.6. The maximum Gasteiger partial charge on any atom is 0.338 e. The van der Waals surface area contributed by atoms with Gasteiger partial charge in [-0.15, -0.1) is 0 Å². The molecule has 0 aliphatic heterocycles. The Bertz CT molecular complexity index is 892. The van der Waals surface area contributed by atoms with Crippen LogP contribution in [0.5, 0.6) is 5.75 Å². The Labute approximate surface area is 120 Å². The summed E-state index contributed by atoms with van der Waals surface area (Å²) in [4.78, 5) is 23.3. The van der Waals surface area contributed by atoms with E-state index in [1.165, 1.54) is 14.0 Å². The third-order valence-corrected chi connectivity index (χ3v) is 3.54. The summed E-state index contributed by atoms with van der Waals surface area (Å²) in [6.07, 6.45) is 1.65. The predicted molar refractivity (Wildman–Crippen MR) is 78.4 cm³/mol. The highest BCUT2D eigenvalue weighted by Crippen LogP contribution is 2.33. The Morgan fingerprint density at radius 3 is 2.57 bits per heavy atom. The maximum absolute atomic E-state index is 11.6. The van der Waals surface area contributed by atoms with Crippen molar-refractivity contribution >= 4 is 28.2 Å². The Hall–Kier alpha value is -2.82. The Morgan fingerprint density at radius 2 is 1.95 bits per heavy atom. The van der Waals surface area contributed by atoms with Gasteiger partial charge in [0.25, 0.3) is 0 Å². The number of carboxylic acid groups (broad SMARTS) is 1. The molecule has 0 saturated heterocycles. The molecule has 0 aliphatic carbocycles. The van der Waals surface area contributed by atoms with Crippen LogP contribution in [0.25, 0.3) is 16.4 Å². The topological polar surface area (TPSA) is 68.0 Å². The minimum atomic E-state index is -1.03. The van der Waals surface area contributed by atoms with Crippen LogP contribution < -0.4 is 4.74 Å². The Morgan fingerprint density at radius 1 is 1.24 bits per heavy atom. The number of pyridine rings is 1.